The van der Waals surface area contributed by atoms with E-state index in [4.69, 9.17) is 0 Å². The zero-order chi connectivity index (χ0) is 15.3. The van der Waals surface area contributed by atoms with Crippen LogP contribution in [0.25, 0.3) is 4.96 Å². The number of hydrogen-bond donors (Lipinski definition) is 1. The molecular weight excluding hydrogens is 305 g/mol. The molecule has 22 heavy (non-hydrogen) atoms. The van der Waals surface area contributed by atoms with Gasteiger partial charge in [-0.1, -0.05) is 12.1 Å². The smallest absolute Gasteiger partial charge is 0.279 e. The molecule has 0 spiro atoms. The highest BCUT2D eigenvalue weighted by Crippen LogP contribution is 2.35. The Kier molecular flexibility index (Phi) is 2.83. The Hall–Kier alpha value is -2.54. The average molecular weight is 315 g/mol. The van der Waals surface area contributed by atoms with Gasteiger partial charge in [0.2, 0.25) is 5.91 Å². The summed E-state index contributed by atoms with van der Waals surface area (Å²) in [4.78, 5) is 29.0. The number of rotatable bonds is 1. The minimum absolute atomic E-state index is 0.101. The predicted molar refractivity (Wildman–Crippen MR) is 80.8 cm³/mol. The van der Waals surface area contributed by atoms with Gasteiger partial charge in [-0.2, -0.15) is 4.98 Å². The summed E-state index contributed by atoms with van der Waals surface area (Å²) < 4.78 is 15.2. The van der Waals surface area contributed by atoms with Crippen LogP contribution in [0.4, 0.5) is 10.2 Å². The van der Waals surface area contributed by atoms with Gasteiger partial charge in [-0.15, -0.1) is 11.3 Å². The molecule has 1 N–H and O–H groups in total. The number of nitrogens with one attached hydrogen (secondary N) is 1. The van der Waals surface area contributed by atoms with Crippen LogP contribution in [-0.4, -0.2) is 15.3 Å². The van der Waals surface area contributed by atoms with Gasteiger partial charge in [0.05, 0.1) is 5.56 Å². The maximum atomic E-state index is 13.5. The normalized spacial score (nSPS) is 17.3. The second-order valence-electron chi connectivity index (χ2n) is 5.09. The fraction of sp³-hybridized carbons (Fsp3) is 0.133. The Labute approximate surface area is 128 Å². The van der Waals surface area contributed by atoms with Gasteiger partial charge in [-0.25, -0.2) is 4.39 Å². The summed E-state index contributed by atoms with van der Waals surface area (Å²) in [5, 5.41) is 4.53. The first kappa shape index (κ1) is 13.1. The molecule has 110 valence electrons. The summed E-state index contributed by atoms with van der Waals surface area (Å²) >= 11 is 1.32. The van der Waals surface area contributed by atoms with E-state index in [1.54, 1.807) is 28.1 Å². The van der Waals surface area contributed by atoms with Crippen LogP contribution in [0.2, 0.25) is 0 Å². The Morgan fingerprint density at radius 2 is 2.23 bits per heavy atom. The summed E-state index contributed by atoms with van der Waals surface area (Å²) in [6.45, 7) is 0. The van der Waals surface area contributed by atoms with Gasteiger partial charge in [0, 0.05) is 23.9 Å². The van der Waals surface area contributed by atoms with E-state index in [0.717, 1.165) is 0 Å². The van der Waals surface area contributed by atoms with Gasteiger partial charge in [0.15, 0.2) is 4.96 Å². The zero-order valence-electron chi connectivity index (χ0n) is 11.2. The molecule has 0 aliphatic carbocycles. The van der Waals surface area contributed by atoms with E-state index in [-0.39, 0.29) is 17.9 Å². The topological polar surface area (TPSA) is 63.5 Å². The number of benzene rings is 1. The third-order valence-electron chi connectivity index (χ3n) is 3.76. The predicted octanol–water partition coefficient (Wildman–Crippen LogP) is 2.37. The minimum atomic E-state index is -0.490. The highest BCUT2D eigenvalue weighted by atomic mass is 32.1. The van der Waals surface area contributed by atoms with Crippen LogP contribution < -0.4 is 10.9 Å². The van der Waals surface area contributed by atoms with Crippen LogP contribution in [0, 0.1) is 5.82 Å². The fourth-order valence-corrected chi connectivity index (χ4v) is 3.53. The van der Waals surface area contributed by atoms with E-state index in [2.05, 4.69) is 10.3 Å². The SMILES string of the molecule is O=C1C[C@@H](c2cccc(F)c2)c2c(n3ccsc3nc2=O)N1. The molecule has 0 saturated carbocycles. The van der Waals surface area contributed by atoms with Crippen molar-refractivity contribution in [3.63, 3.8) is 0 Å². The van der Waals surface area contributed by atoms with E-state index < -0.39 is 11.7 Å². The van der Waals surface area contributed by atoms with Gasteiger partial charge >= 0.3 is 0 Å². The van der Waals surface area contributed by atoms with Crippen molar-refractivity contribution in [1.82, 2.24) is 9.38 Å². The van der Waals surface area contributed by atoms with E-state index in [1.165, 1.54) is 23.5 Å². The lowest BCUT2D eigenvalue weighted by molar-refractivity contribution is -0.116. The molecule has 7 heteroatoms. The van der Waals surface area contributed by atoms with Crippen molar-refractivity contribution in [2.75, 3.05) is 5.32 Å². The number of carbonyl (C=O) groups is 1. The highest BCUT2D eigenvalue weighted by molar-refractivity contribution is 7.15. The van der Waals surface area contributed by atoms with Crippen molar-refractivity contribution < 1.29 is 9.18 Å². The molecule has 0 radical (unpaired) electrons. The number of amides is 1. The molecule has 3 heterocycles. The van der Waals surface area contributed by atoms with Crippen LogP contribution in [0.15, 0.2) is 40.6 Å². The monoisotopic (exact) mass is 315 g/mol. The van der Waals surface area contributed by atoms with Crippen LogP contribution in [0.5, 0.6) is 0 Å². The molecule has 0 bridgehead atoms. The van der Waals surface area contributed by atoms with Crippen LogP contribution in [0.1, 0.15) is 23.5 Å². The molecule has 0 saturated heterocycles. The van der Waals surface area contributed by atoms with E-state index in [9.17, 15) is 14.0 Å². The summed E-state index contributed by atoms with van der Waals surface area (Å²) in [6.07, 6.45) is 1.85. The van der Waals surface area contributed by atoms with Gasteiger partial charge < -0.3 is 5.32 Å². The van der Waals surface area contributed by atoms with Crippen molar-refractivity contribution in [2.45, 2.75) is 12.3 Å². The van der Waals surface area contributed by atoms with E-state index >= 15 is 0 Å². The summed E-state index contributed by atoms with van der Waals surface area (Å²) in [6, 6.07) is 5.98. The van der Waals surface area contributed by atoms with Crippen molar-refractivity contribution in [1.29, 1.82) is 0 Å². The molecule has 2 aromatic heterocycles. The molecule has 4 rings (SSSR count). The summed E-state index contributed by atoms with van der Waals surface area (Å²) in [5.41, 5.74) is 0.623. The van der Waals surface area contributed by atoms with Crippen molar-refractivity contribution in [3.05, 3.63) is 63.1 Å². The number of carbonyl (C=O) groups excluding carboxylic acids is 1. The Balaban J connectivity index is 2.01. The Morgan fingerprint density at radius 3 is 3.05 bits per heavy atom. The van der Waals surface area contributed by atoms with Crippen molar-refractivity contribution in [2.24, 2.45) is 0 Å². The third kappa shape index (κ3) is 1.93. The first-order valence-corrected chi connectivity index (χ1v) is 7.56. The quantitative estimate of drug-likeness (QED) is 0.750. The molecule has 1 aliphatic rings. The lowest BCUT2D eigenvalue weighted by Crippen LogP contribution is -2.31. The number of fused-ring (bicyclic) bond motifs is 3. The number of thiazole rings is 1. The third-order valence-corrected chi connectivity index (χ3v) is 4.52. The molecular formula is C15H10FN3O2S. The summed E-state index contributed by atoms with van der Waals surface area (Å²) in [5.74, 6) is -0.653. The standard InChI is InChI=1S/C15H10FN3O2S/c16-9-3-1-2-8(6-9)10-7-11(20)17-13-12(10)14(21)18-15-19(13)4-5-22-15/h1-6,10H,7H2,(H,17,20)/t10-/m0/s1. The Bertz CT molecular complexity index is 963. The van der Waals surface area contributed by atoms with E-state index in [1.807, 2.05) is 0 Å². The lowest BCUT2D eigenvalue weighted by atomic mass is 9.87. The minimum Gasteiger partial charge on any atom is -0.311 e. The van der Waals surface area contributed by atoms with Crippen LogP contribution in [-0.2, 0) is 4.79 Å². The molecule has 0 fully saturated rings. The maximum Gasteiger partial charge on any atom is 0.279 e. The maximum absolute atomic E-state index is 13.5. The largest absolute Gasteiger partial charge is 0.311 e. The number of nitrogens with zero attached hydrogens (tertiary/aromatic N) is 2. The number of anilines is 1. The first-order valence-electron chi connectivity index (χ1n) is 6.68. The molecule has 3 aromatic rings. The zero-order valence-corrected chi connectivity index (χ0v) is 12.1. The van der Waals surface area contributed by atoms with Gasteiger partial charge in [0.1, 0.15) is 11.6 Å². The molecule has 5 nitrogen and oxygen atoms in total. The molecule has 0 unspecified atom stereocenters. The Morgan fingerprint density at radius 1 is 1.36 bits per heavy atom. The number of halogens is 1. The second-order valence-corrected chi connectivity index (χ2v) is 5.97. The molecule has 1 atom stereocenters. The van der Waals surface area contributed by atoms with Gasteiger partial charge in [-0.3, -0.25) is 14.0 Å². The molecule has 1 aromatic carbocycles. The first-order chi connectivity index (χ1) is 10.6. The van der Waals surface area contributed by atoms with Crippen LogP contribution >= 0.6 is 11.3 Å². The number of aromatic nitrogens is 2. The summed E-state index contributed by atoms with van der Waals surface area (Å²) in [7, 11) is 0. The van der Waals surface area contributed by atoms with Gasteiger partial charge in [-0.05, 0) is 17.7 Å². The van der Waals surface area contributed by atoms with E-state index in [0.29, 0.717) is 21.9 Å². The number of hydrogen-bond acceptors (Lipinski definition) is 4. The molecule has 1 aliphatic heterocycles. The fourth-order valence-electron chi connectivity index (χ4n) is 2.82. The van der Waals surface area contributed by atoms with Gasteiger partial charge in [0.25, 0.3) is 5.56 Å². The van der Waals surface area contributed by atoms with Crippen LogP contribution in [0.3, 0.4) is 0 Å². The van der Waals surface area contributed by atoms with Crippen molar-refractivity contribution in [3.8, 4) is 0 Å². The van der Waals surface area contributed by atoms with Crippen molar-refractivity contribution >= 4 is 28.0 Å². The second kappa shape index (κ2) is 4.74. The average Bonchev–Trinajstić information content (AvgIpc) is 2.94. The highest BCUT2D eigenvalue weighted by Gasteiger charge is 2.31. The lowest BCUT2D eigenvalue weighted by Gasteiger charge is -2.25. The molecule has 1 amide bonds.